The summed E-state index contributed by atoms with van der Waals surface area (Å²) in [6.07, 6.45) is -0.238. The number of amides is 1. The minimum Gasteiger partial charge on any atom is -0.380 e. The summed E-state index contributed by atoms with van der Waals surface area (Å²) in [4.78, 5) is 11.6. The molecule has 1 aromatic carbocycles. The normalized spacial score (nSPS) is 12.8. The Labute approximate surface area is 131 Å². The van der Waals surface area contributed by atoms with Crippen molar-refractivity contribution in [1.82, 2.24) is 10.0 Å². The number of methoxy groups -OCH3 is 1. The summed E-state index contributed by atoms with van der Waals surface area (Å²) in [5.41, 5.74) is 6.29. The van der Waals surface area contributed by atoms with Crippen molar-refractivity contribution in [2.45, 2.75) is 19.1 Å². The molecule has 1 atom stereocenters. The summed E-state index contributed by atoms with van der Waals surface area (Å²) in [5.74, 6) is -0.457. The SMILES string of the molecule is COC(CN)CC(=O)NCCS(=O)(=O)NCc1ccccc1. The standard InChI is InChI=1S/C14H23N3O4S/c1-21-13(10-15)9-14(18)16-7-8-22(19,20)17-11-12-5-3-2-4-6-12/h2-6,13,17H,7-11,15H2,1H3,(H,16,18). The largest absolute Gasteiger partial charge is 0.380 e. The fourth-order valence-electron chi connectivity index (χ4n) is 1.73. The van der Waals surface area contributed by atoms with E-state index < -0.39 is 10.0 Å². The molecule has 0 aliphatic heterocycles. The summed E-state index contributed by atoms with van der Waals surface area (Å²) in [6.45, 7) is 0.515. The van der Waals surface area contributed by atoms with Gasteiger partial charge in [-0.25, -0.2) is 13.1 Å². The van der Waals surface area contributed by atoms with Gasteiger partial charge in [-0.15, -0.1) is 0 Å². The second-order valence-corrected chi connectivity index (χ2v) is 6.70. The average Bonchev–Trinajstić information content (AvgIpc) is 2.51. The molecule has 0 saturated heterocycles. The third kappa shape index (κ3) is 7.51. The maximum Gasteiger partial charge on any atom is 0.222 e. The first-order valence-electron chi connectivity index (χ1n) is 6.97. The van der Waals surface area contributed by atoms with Gasteiger partial charge in [0, 0.05) is 26.7 Å². The number of ether oxygens (including phenoxy) is 1. The van der Waals surface area contributed by atoms with Crippen molar-refractivity contribution >= 4 is 15.9 Å². The Bertz CT molecular complexity index is 544. The second kappa shape index (κ2) is 9.52. The van der Waals surface area contributed by atoms with Crippen LogP contribution in [0.25, 0.3) is 0 Å². The molecule has 0 saturated carbocycles. The van der Waals surface area contributed by atoms with Crippen LogP contribution in [0.15, 0.2) is 30.3 Å². The number of carbonyl (C=O) groups is 1. The lowest BCUT2D eigenvalue weighted by Gasteiger charge is -2.12. The van der Waals surface area contributed by atoms with E-state index in [9.17, 15) is 13.2 Å². The van der Waals surface area contributed by atoms with E-state index in [1.54, 1.807) is 0 Å². The molecule has 0 fully saturated rings. The molecule has 1 aromatic rings. The van der Waals surface area contributed by atoms with Crippen LogP contribution in [0.1, 0.15) is 12.0 Å². The molecule has 0 spiro atoms. The molecule has 1 amide bonds. The van der Waals surface area contributed by atoms with E-state index in [0.29, 0.717) is 0 Å². The van der Waals surface area contributed by atoms with Crippen LogP contribution in [0.5, 0.6) is 0 Å². The Morgan fingerprint density at radius 2 is 2.00 bits per heavy atom. The summed E-state index contributed by atoms with van der Waals surface area (Å²) >= 11 is 0. The molecule has 0 aliphatic rings. The maximum absolute atomic E-state index is 11.8. The zero-order valence-electron chi connectivity index (χ0n) is 12.6. The molecule has 0 aliphatic carbocycles. The monoisotopic (exact) mass is 329 g/mol. The minimum atomic E-state index is -3.44. The molecule has 0 heterocycles. The summed E-state index contributed by atoms with van der Waals surface area (Å²) in [6, 6.07) is 9.22. The Balaban J connectivity index is 2.29. The van der Waals surface area contributed by atoms with Crippen molar-refractivity contribution in [3.05, 3.63) is 35.9 Å². The maximum atomic E-state index is 11.8. The van der Waals surface area contributed by atoms with Crippen molar-refractivity contribution in [3.63, 3.8) is 0 Å². The van der Waals surface area contributed by atoms with Crippen LogP contribution in [0, 0.1) is 0 Å². The van der Waals surface area contributed by atoms with Crippen LogP contribution >= 0.6 is 0 Å². The highest BCUT2D eigenvalue weighted by atomic mass is 32.2. The molecule has 0 aromatic heterocycles. The summed E-state index contributed by atoms with van der Waals surface area (Å²) in [5, 5.41) is 2.54. The molecule has 4 N–H and O–H groups in total. The van der Waals surface area contributed by atoms with Gasteiger partial charge in [-0.2, -0.15) is 0 Å². The molecule has 1 unspecified atom stereocenters. The third-order valence-electron chi connectivity index (χ3n) is 3.04. The molecule has 8 heteroatoms. The van der Waals surface area contributed by atoms with Gasteiger partial charge >= 0.3 is 0 Å². The van der Waals surface area contributed by atoms with Crippen LogP contribution in [0.4, 0.5) is 0 Å². The number of sulfonamides is 1. The van der Waals surface area contributed by atoms with E-state index in [2.05, 4.69) is 10.0 Å². The van der Waals surface area contributed by atoms with Crippen molar-refractivity contribution < 1.29 is 17.9 Å². The first-order valence-corrected chi connectivity index (χ1v) is 8.63. The zero-order chi connectivity index (χ0) is 16.4. The van der Waals surface area contributed by atoms with E-state index in [1.807, 2.05) is 30.3 Å². The van der Waals surface area contributed by atoms with E-state index in [0.717, 1.165) is 5.56 Å². The van der Waals surface area contributed by atoms with Gasteiger partial charge in [0.25, 0.3) is 0 Å². The minimum absolute atomic E-state index is 0.0456. The zero-order valence-corrected chi connectivity index (χ0v) is 13.4. The van der Waals surface area contributed by atoms with E-state index in [1.165, 1.54) is 7.11 Å². The van der Waals surface area contributed by atoms with Crippen molar-refractivity contribution in [2.24, 2.45) is 5.73 Å². The van der Waals surface area contributed by atoms with Gasteiger partial charge in [0.15, 0.2) is 0 Å². The lowest BCUT2D eigenvalue weighted by atomic mass is 10.2. The lowest BCUT2D eigenvalue weighted by Crippen LogP contribution is -2.36. The highest BCUT2D eigenvalue weighted by molar-refractivity contribution is 7.89. The summed E-state index contributed by atoms with van der Waals surface area (Å²) < 4.78 is 31.1. The highest BCUT2D eigenvalue weighted by Crippen LogP contribution is 1.99. The predicted octanol–water partition coefficient (Wildman–Crippen LogP) is -0.414. The Hall–Kier alpha value is -1.48. The first kappa shape index (κ1) is 18.6. The second-order valence-electron chi connectivity index (χ2n) is 4.77. The van der Waals surface area contributed by atoms with Gasteiger partial charge in [-0.1, -0.05) is 30.3 Å². The molecule has 0 bridgehead atoms. The smallest absolute Gasteiger partial charge is 0.222 e. The molecular formula is C14H23N3O4S. The van der Waals surface area contributed by atoms with Gasteiger partial charge in [0.1, 0.15) is 0 Å². The molecule has 0 radical (unpaired) electrons. The van der Waals surface area contributed by atoms with Crippen LogP contribution in [0.3, 0.4) is 0 Å². The molecule has 1 rings (SSSR count). The number of benzene rings is 1. The van der Waals surface area contributed by atoms with Crippen LogP contribution in [-0.4, -0.2) is 46.4 Å². The summed E-state index contributed by atoms with van der Waals surface area (Å²) in [7, 11) is -1.96. The van der Waals surface area contributed by atoms with Gasteiger partial charge in [0.05, 0.1) is 18.3 Å². The van der Waals surface area contributed by atoms with Gasteiger partial charge in [-0.05, 0) is 5.56 Å². The number of hydrogen-bond donors (Lipinski definition) is 3. The molecule has 124 valence electrons. The average molecular weight is 329 g/mol. The van der Waals surface area contributed by atoms with Crippen molar-refractivity contribution in [1.29, 1.82) is 0 Å². The number of carbonyl (C=O) groups excluding carboxylic acids is 1. The Morgan fingerprint density at radius 1 is 1.32 bits per heavy atom. The van der Waals surface area contributed by atoms with Gasteiger partial charge < -0.3 is 15.8 Å². The molecular weight excluding hydrogens is 306 g/mol. The number of rotatable bonds is 10. The number of nitrogens with two attached hydrogens (primary N) is 1. The van der Waals surface area contributed by atoms with Gasteiger partial charge in [0.2, 0.25) is 15.9 Å². The molecule has 7 nitrogen and oxygen atoms in total. The van der Waals surface area contributed by atoms with E-state index >= 15 is 0 Å². The van der Waals surface area contributed by atoms with Crippen molar-refractivity contribution in [3.8, 4) is 0 Å². The quantitative estimate of drug-likeness (QED) is 0.540. The van der Waals surface area contributed by atoms with Crippen LogP contribution < -0.4 is 15.8 Å². The van der Waals surface area contributed by atoms with Gasteiger partial charge in [-0.3, -0.25) is 4.79 Å². The Morgan fingerprint density at radius 3 is 2.59 bits per heavy atom. The first-order chi connectivity index (χ1) is 10.5. The fourth-order valence-corrected chi connectivity index (χ4v) is 2.63. The van der Waals surface area contributed by atoms with Crippen LogP contribution in [-0.2, 0) is 26.1 Å². The lowest BCUT2D eigenvalue weighted by molar-refractivity contribution is -0.123. The Kier molecular flexibility index (Phi) is 8.03. The van der Waals surface area contributed by atoms with E-state index in [4.69, 9.17) is 10.5 Å². The van der Waals surface area contributed by atoms with E-state index in [-0.39, 0.29) is 43.8 Å². The van der Waals surface area contributed by atoms with Crippen molar-refractivity contribution in [2.75, 3.05) is 26.0 Å². The number of nitrogens with one attached hydrogen (secondary N) is 2. The third-order valence-corrected chi connectivity index (χ3v) is 4.37. The predicted molar refractivity (Wildman–Crippen MR) is 84.5 cm³/mol. The molecule has 22 heavy (non-hydrogen) atoms. The van der Waals surface area contributed by atoms with Crippen LogP contribution in [0.2, 0.25) is 0 Å². The highest BCUT2D eigenvalue weighted by Gasteiger charge is 2.13. The topological polar surface area (TPSA) is 111 Å². The fraction of sp³-hybridized carbons (Fsp3) is 0.500. The number of hydrogen-bond acceptors (Lipinski definition) is 5.